The van der Waals surface area contributed by atoms with E-state index in [1.807, 2.05) is 24.4 Å². The number of aliphatic hydroxyl groups is 1. The number of rotatable bonds is 4. The normalized spacial score (nSPS) is 10.8. The molecule has 3 heterocycles. The number of anilines is 1. The lowest BCUT2D eigenvalue weighted by atomic mass is 10.1. The van der Waals surface area contributed by atoms with Gasteiger partial charge in [-0.3, -0.25) is 0 Å². The summed E-state index contributed by atoms with van der Waals surface area (Å²) in [7, 11) is 0. The van der Waals surface area contributed by atoms with E-state index in [0.29, 0.717) is 12.4 Å². The number of nitrogens with one attached hydrogen (secondary N) is 2. The Kier molecular flexibility index (Phi) is 3.07. The fourth-order valence-electron chi connectivity index (χ4n) is 1.95. The zero-order valence-electron chi connectivity index (χ0n) is 10.2. The van der Waals surface area contributed by atoms with E-state index >= 15 is 0 Å². The van der Waals surface area contributed by atoms with Crippen LogP contribution in [0.15, 0.2) is 36.9 Å². The SMILES string of the molecule is OCCNc1cc(-c2c[nH]c3ncccc23)ncn1. The third-order valence-electron chi connectivity index (χ3n) is 2.81. The molecule has 3 aromatic rings. The fourth-order valence-corrected chi connectivity index (χ4v) is 1.95. The number of aromatic nitrogens is 4. The summed E-state index contributed by atoms with van der Waals surface area (Å²) < 4.78 is 0. The van der Waals surface area contributed by atoms with Crippen LogP contribution in [-0.2, 0) is 0 Å². The number of aromatic amines is 1. The van der Waals surface area contributed by atoms with Crippen LogP contribution in [0.2, 0.25) is 0 Å². The molecule has 19 heavy (non-hydrogen) atoms. The maximum absolute atomic E-state index is 8.80. The quantitative estimate of drug-likeness (QED) is 0.656. The first-order valence-corrected chi connectivity index (χ1v) is 5.98. The third-order valence-corrected chi connectivity index (χ3v) is 2.81. The number of nitrogens with zero attached hydrogens (tertiary/aromatic N) is 3. The first-order valence-electron chi connectivity index (χ1n) is 5.98. The van der Waals surface area contributed by atoms with Crippen LogP contribution in [0.5, 0.6) is 0 Å². The van der Waals surface area contributed by atoms with Gasteiger partial charge in [-0.25, -0.2) is 15.0 Å². The first kappa shape index (κ1) is 11.6. The van der Waals surface area contributed by atoms with Crippen molar-refractivity contribution in [3.05, 3.63) is 36.9 Å². The molecule has 0 aromatic carbocycles. The highest BCUT2D eigenvalue weighted by molar-refractivity contribution is 5.92. The van der Waals surface area contributed by atoms with Gasteiger partial charge in [0.25, 0.3) is 0 Å². The predicted octanol–water partition coefficient (Wildman–Crippen LogP) is 1.42. The molecule has 6 nitrogen and oxygen atoms in total. The topological polar surface area (TPSA) is 86.7 Å². The molecule has 3 aromatic heterocycles. The van der Waals surface area contributed by atoms with Gasteiger partial charge in [0.15, 0.2) is 0 Å². The molecule has 0 bridgehead atoms. The van der Waals surface area contributed by atoms with Gasteiger partial charge in [-0.05, 0) is 12.1 Å². The second-order valence-corrected chi connectivity index (χ2v) is 4.04. The van der Waals surface area contributed by atoms with E-state index in [1.165, 1.54) is 6.33 Å². The van der Waals surface area contributed by atoms with Crippen molar-refractivity contribution >= 4 is 16.9 Å². The fraction of sp³-hybridized carbons (Fsp3) is 0.154. The van der Waals surface area contributed by atoms with Crippen LogP contribution in [0.25, 0.3) is 22.3 Å². The van der Waals surface area contributed by atoms with E-state index in [4.69, 9.17) is 5.11 Å². The molecule has 0 unspecified atom stereocenters. The summed E-state index contributed by atoms with van der Waals surface area (Å²) in [6.45, 7) is 0.530. The minimum Gasteiger partial charge on any atom is -0.395 e. The van der Waals surface area contributed by atoms with E-state index in [1.54, 1.807) is 6.20 Å². The molecule has 0 aliphatic rings. The zero-order chi connectivity index (χ0) is 13.1. The summed E-state index contributed by atoms with van der Waals surface area (Å²) >= 11 is 0. The Labute approximate surface area is 109 Å². The van der Waals surface area contributed by atoms with Crippen LogP contribution in [-0.4, -0.2) is 38.2 Å². The third kappa shape index (κ3) is 2.25. The maximum atomic E-state index is 8.80. The molecular weight excluding hydrogens is 242 g/mol. The molecule has 0 spiro atoms. The predicted molar refractivity (Wildman–Crippen MR) is 72.7 cm³/mol. The van der Waals surface area contributed by atoms with E-state index in [2.05, 4.69) is 25.3 Å². The summed E-state index contributed by atoms with van der Waals surface area (Å²) in [6, 6.07) is 5.74. The van der Waals surface area contributed by atoms with Gasteiger partial charge < -0.3 is 15.4 Å². The molecule has 6 heteroatoms. The van der Waals surface area contributed by atoms with Gasteiger partial charge in [-0.15, -0.1) is 0 Å². The highest BCUT2D eigenvalue weighted by Crippen LogP contribution is 2.26. The Balaban J connectivity index is 2.01. The van der Waals surface area contributed by atoms with Crippen molar-refractivity contribution in [2.45, 2.75) is 0 Å². The van der Waals surface area contributed by atoms with Gasteiger partial charge in [0.1, 0.15) is 17.8 Å². The van der Waals surface area contributed by atoms with Gasteiger partial charge >= 0.3 is 0 Å². The Morgan fingerprint density at radius 1 is 1.26 bits per heavy atom. The number of pyridine rings is 1. The molecule has 0 aliphatic heterocycles. The molecule has 0 saturated heterocycles. The molecule has 0 radical (unpaired) electrons. The van der Waals surface area contributed by atoms with E-state index < -0.39 is 0 Å². The van der Waals surface area contributed by atoms with Crippen molar-refractivity contribution in [3.63, 3.8) is 0 Å². The largest absolute Gasteiger partial charge is 0.395 e. The van der Waals surface area contributed by atoms with Gasteiger partial charge in [0.2, 0.25) is 0 Å². The van der Waals surface area contributed by atoms with Crippen molar-refractivity contribution in [1.82, 2.24) is 19.9 Å². The second kappa shape index (κ2) is 5.03. The molecule has 0 aliphatic carbocycles. The van der Waals surface area contributed by atoms with Gasteiger partial charge in [0.05, 0.1) is 12.3 Å². The number of hydrogen-bond donors (Lipinski definition) is 3. The summed E-state index contributed by atoms with van der Waals surface area (Å²) in [5, 5.41) is 12.8. The highest BCUT2D eigenvalue weighted by Gasteiger charge is 2.08. The molecule has 0 atom stereocenters. The average molecular weight is 255 g/mol. The Hall–Kier alpha value is -2.47. The van der Waals surface area contributed by atoms with Crippen LogP contribution in [0, 0.1) is 0 Å². The Bertz CT molecular complexity index is 694. The number of fused-ring (bicyclic) bond motifs is 1. The lowest BCUT2D eigenvalue weighted by molar-refractivity contribution is 0.311. The minimum atomic E-state index is 0.0658. The molecule has 0 saturated carbocycles. The van der Waals surface area contributed by atoms with Crippen LogP contribution >= 0.6 is 0 Å². The molecule has 0 fully saturated rings. The Morgan fingerprint density at radius 2 is 2.21 bits per heavy atom. The summed E-state index contributed by atoms with van der Waals surface area (Å²) in [5.41, 5.74) is 2.63. The molecule has 96 valence electrons. The van der Waals surface area contributed by atoms with Crippen LogP contribution in [0.3, 0.4) is 0 Å². The molecule has 3 rings (SSSR count). The van der Waals surface area contributed by atoms with E-state index in [0.717, 1.165) is 22.3 Å². The lowest BCUT2D eigenvalue weighted by Gasteiger charge is -2.04. The van der Waals surface area contributed by atoms with Crippen LogP contribution in [0.1, 0.15) is 0 Å². The van der Waals surface area contributed by atoms with E-state index in [-0.39, 0.29) is 6.61 Å². The number of aliphatic hydroxyl groups excluding tert-OH is 1. The monoisotopic (exact) mass is 255 g/mol. The standard InChI is InChI=1S/C13H13N5O/c19-5-4-14-12-6-11(17-8-18-12)10-7-16-13-9(10)2-1-3-15-13/h1-3,6-8,19H,4-5H2,(H,15,16)(H,14,17,18). The minimum absolute atomic E-state index is 0.0658. The molecule has 0 amide bonds. The van der Waals surface area contributed by atoms with Crippen molar-refractivity contribution < 1.29 is 5.11 Å². The van der Waals surface area contributed by atoms with Gasteiger partial charge in [-0.1, -0.05) is 0 Å². The van der Waals surface area contributed by atoms with Crippen molar-refractivity contribution in [1.29, 1.82) is 0 Å². The van der Waals surface area contributed by atoms with Crippen molar-refractivity contribution in [3.8, 4) is 11.3 Å². The highest BCUT2D eigenvalue weighted by atomic mass is 16.3. The first-order chi connectivity index (χ1) is 9.38. The van der Waals surface area contributed by atoms with Crippen LogP contribution < -0.4 is 5.32 Å². The second-order valence-electron chi connectivity index (χ2n) is 4.04. The summed E-state index contributed by atoms with van der Waals surface area (Å²) in [6.07, 6.45) is 5.14. The average Bonchev–Trinajstić information content (AvgIpc) is 2.89. The zero-order valence-corrected chi connectivity index (χ0v) is 10.2. The lowest BCUT2D eigenvalue weighted by Crippen LogP contribution is -2.07. The molecular formula is C13H13N5O. The number of H-pyrrole nitrogens is 1. The van der Waals surface area contributed by atoms with Gasteiger partial charge in [0, 0.05) is 36.0 Å². The van der Waals surface area contributed by atoms with E-state index in [9.17, 15) is 0 Å². The molecule has 3 N–H and O–H groups in total. The van der Waals surface area contributed by atoms with Gasteiger partial charge in [-0.2, -0.15) is 0 Å². The Morgan fingerprint density at radius 3 is 3.11 bits per heavy atom. The van der Waals surface area contributed by atoms with Crippen LogP contribution in [0.4, 0.5) is 5.82 Å². The van der Waals surface area contributed by atoms with Crippen molar-refractivity contribution in [2.24, 2.45) is 0 Å². The summed E-state index contributed by atoms with van der Waals surface area (Å²) in [5.74, 6) is 0.692. The maximum Gasteiger partial charge on any atom is 0.137 e. The smallest absolute Gasteiger partial charge is 0.137 e. The summed E-state index contributed by atoms with van der Waals surface area (Å²) in [4.78, 5) is 15.8. The number of hydrogen-bond acceptors (Lipinski definition) is 5. The van der Waals surface area contributed by atoms with Crippen molar-refractivity contribution in [2.75, 3.05) is 18.5 Å².